The van der Waals surface area contributed by atoms with Crippen molar-refractivity contribution in [3.05, 3.63) is 22.6 Å². The van der Waals surface area contributed by atoms with Gasteiger partial charge in [-0.2, -0.15) is 5.10 Å². The molecular formula is C13H20N4O3. The van der Waals surface area contributed by atoms with Crippen LogP contribution in [0.15, 0.2) is 17.1 Å². The third-order valence-electron chi connectivity index (χ3n) is 3.41. The molecule has 0 aromatic carbocycles. The summed E-state index contributed by atoms with van der Waals surface area (Å²) in [6.07, 6.45) is 3.41. The molecular weight excluding hydrogens is 260 g/mol. The van der Waals surface area contributed by atoms with Crippen molar-refractivity contribution in [2.45, 2.75) is 12.8 Å². The molecule has 0 radical (unpaired) electrons. The van der Waals surface area contributed by atoms with Crippen LogP contribution in [0.5, 0.6) is 0 Å². The average molecular weight is 280 g/mol. The zero-order chi connectivity index (χ0) is 14.4. The Balaban J connectivity index is 1.94. The van der Waals surface area contributed by atoms with Crippen LogP contribution in [0, 0.1) is 5.92 Å². The van der Waals surface area contributed by atoms with Gasteiger partial charge in [0.25, 0.3) is 5.56 Å². The first-order chi connectivity index (χ1) is 9.70. The summed E-state index contributed by atoms with van der Waals surface area (Å²) < 4.78 is 4.91. The van der Waals surface area contributed by atoms with Gasteiger partial charge in [0.1, 0.15) is 0 Å². The van der Waals surface area contributed by atoms with E-state index < -0.39 is 0 Å². The van der Waals surface area contributed by atoms with Gasteiger partial charge in [0.2, 0.25) is 5.91 Å². The van der Waals surface area contributed by atoms with Crippen LogP contribution in [0.3, 0.4) is 0 Å². The summed E-state index contributed by atoms with van der Waals surface area (Å²) in [5.74, 6) is -0.00977. The molecule has 7 heteroatoms. The second-order valence-corrected chi connectivity index (χ2v) is 4.87. The highest BCUT2D eigenvalue weighted by Gasteiger charge is 2.25. The molecule has 0 spiro atoms. The SMILES string of the molecule is COCCNC(=O)[C@@H]1CCCN(c2cn[nH]c(=O)c2)C1. The number of aromatic nitrogens is 2. The number of aromatic amines is 1. The van der Waals surface area contributed by atoms with Crippen molar-refractivity contribution < 1.29 is 9.53 Å². The molecule has 1 aromatic rings. The largest absolute Gasteiger partial charge is 0.383 e. The number of methoxy groups -OCH3 is 1. The van der Waals surface area contributed by atoms with Gasteiger partial charge in [0, 0.05) is 32.8 Å². The van der Waals surface area contributed by atoms with Gasteiger partial charge < -0.3 is 15.0 Å². The maximum Gasteiger partial charge on any atom is 0.266 e. The first kappa shape index (κ1) is 14.5. The fourth-order valence-corrected chi connectivity index (χ4v) is 2.39. The predicted octanol–water partition coefficient (Wildman–Crippen LogP) is -0.251. The molecule has 110 valence electrons. The average Bonchev–Trinajstić information content (AvgIpc) is 2.47. The highest BCUT2D eigenvalue weighted by atomic mass is 16.5. The molecule has 7 nitrogen and oxygen atoms in total. The number of carbonyl (C=O) groups is 1. The van der Waals surface area contributed by atoms with Crippen LogP contribution in [0.25, 0.3) is 0 Å². The third kappa shape index (κ3) is 3.80. The smallest absolute Gasteiger partial charge is 0.266 e. The Labute approximate surface area is 117 Å². The number of anilines is 1. The van der Waals surface area contributed by atoms with E-state index in [1.807, 2.05) is 4.90 Å². The monoisotopic (exact) mass is 280 g/mol. The number of piperidine rings is 1. The third-order valence-corrected chi connectivity index (χ3v) is 3.41. The second kappa shape index (κ2) is 7.04. The number of nitrogens with zero attached hydrogens (tertiary/aromatic N) is 2. The maximum atomic E-state index is 12.0. The summed E-state index contributed by atoms with van der Waals surface area (Å²) in [5, 5.41) is 9.01. The Morgan fingerprint density at radius 1 is 1.65 bits per heavy atom. The van der Waals surface area contributed by atoms with Crippen molar-refractivity contribution in [1.82, 2.24) is 15.5 Å². The van der Waals surface area contributed by atoms with Gasteiger partial charge in [-0.3, -0.25) is 9.59 Å². The van der Waals surface area contributed by atoms with E-state index in [-0.39, 0.29) is 17.4 Å². The van der Waals surface area contributed by atoms with E-state index in [4.69, 9.17) is 4.74 Å². The Bertz CT molecular complexity index is 502. The fraction of sp³-hybridized carbons (Fsp3) is 0.615. The zero-order valence-electron chi connectivity index (χ0n) is 11.6. The standard InChI is InChI=1S/C13H20N4O3/c1-20-6-4-14-13(19)10-3-2-5-17(9-10)11-7-12(18)16-15-8-11/h7-8,10H,2-6,9H2,1H3,(H,14,19)(H,16,18)/t10-/m1/s1. The molecule has 2 N–H and O–H groups in total. The highest BCUT2D eigenvalue weighted by molar-refractivity contribution is 5.79. The molecule has 2 rings (SSSR count). The van der Waals surface area contributed by atoms with Gasteiger partial charge in [-0.1, -0.05) is 0 Å². The van der Waals surface area contributed by atoms with E-state index in [0.717, 1.165) is 25.1 Å². The number of rotatable bonds is 5. The first-order valence-electron chi connectivity index (χ1n) is 6.77. The van der Waals surface area contributed by atoms with Crippen LogP contribution < -0.4 is 15.8 Å². The quantitative estimate of drug-likeness (QED) is 0.726. The van der Waals surface area contributed by atoms with E-state index >= 15 is 0 Å². The summed E-state index contributed by atoms with van der Waals surface area (Å²) in [7, 11) is 1.61. The summed E-state index contributed by atoms with van der Waals surface area (Å²) in [6, 6.07) is 1.51. The minimum atomic E-state index is -0.228. The fourth-order valence-electron chi connectivity index (χ4n) is 2.39. The predicted molar refractivity (Wildman–Crippen MR) is 74.7 cm³/mol. The molecule has 0 saturated carbocycles. The summed E-state index contributed by atoms with van der Waals surface area (Å²) >= 11 is 0. The molecule has 20 heavy (non-hydrogen) atoms. The minimum Gasteiger partial charge on any atom is -0.383 e. The van der Waals surface area contributed by atoms with Crippen molar-refractivity contribution >= 4 is 11.6 Å². The van der Waals surface area contributed by atoms with Crippen LogP contribution >= 0.6 is 0 Å². The van der Waals surface area contributed by atoms with Gasteiger partial charge in [-0.25, -0.2) is 5.10 Å². The Hall–Kier alpha value is -1.89. The molecule has 1 saturated heterocycles. The number of hydrogen-bond acceptors (Lipinski definition) is 5. The first-order valence-corrected chi connectivity index (χ1v) is 6.77. The molecule has 1 aliphatic heterocycles. The molecule has 1 aromatic heterocycles. The van der Waals surface area contributed by atoms with Gasteiger partial charge >= 0.3 is 0 Å². The summed E-state index contributed by atoms with van der Waals surface area (Å²) in [4.78, 5) is 25.4. The molecule has 0 unspecified atom stereocenters. The molecule has 1 atom stereocenters. The number of H-pyrrole nitrogens is 1. The second-order valence-electron chi connectivity index (χ2n) is 4.87. The van der Waals surface area contributed by atoms with Crippen LogP contribution in [0.2, 0.25) is 0 Å². The number of ether oxygens (including phenoxy) is 1. The van der Waals surface area contributed by atoms with Gasteiger partial charge in [-0.05, 0) is 12.8 Å². The lowest BCUT2D eigenvalue weighted by atomic mass is 9.97. The van der Waals surface area contributed by atoms with Crippen molar-refractivity contribution in [1.29, 1.82) is 0 Å². The van der Waals surface area contributed by atoms with E-state index in [9.17, 15) is 9.59 Å². The molecule has 1 aliphatic rings. The maximum absolute atomic E-state index is 12.0. The van der Waals surface area contributed by atoms with Gasteiger partial charge in [-0.15, -0.1) is 0 Å². The highest BCUT2D eigenvalue weighted by Crippen LogP contribution is 2.21. The van der Waals surface area contributed by atoms with Crippen molar-refractivity contribution in [3.8, 4) is 0 Å². The molecule has 0 aliphatic carbocycles. The lowest BCUT2D eigenvalue weighted by Gasteiger charge is -2.33. The lowest BCUT2D eigenvalue weighted by molar-refractivity contribution is -0.125. The molecule has 2 heterocycles. The van der Waals surface area contributed by atoms with E-state index in [1.165, 1.54) is 6.07 Å². The van der Waals surface area contributed by atoms with E-state index in [2.05, 4.69) is 15.5 Å². The van der Waals surface area contributed by atoms with Crippen LogP contribution in [0.4, 0.5) is 5.69 Å². The lowest BCUT2D eigenvalue weighted by Crippen LogP contribution is -2.44. The van der Waals surface area contributed by atoms with Crippen LogP contribution in [-0.2, 0) is 9.53 Å². The van der Waals surface area contributed by atoms with Crippen molar-refractivity contribution in [2.75, 3.05) is 38.3 Å². The topological polar surface area (TPSA) is 87.3 Å². The van der Waals surface area contributed by atoms with Crippen LogP contribution in [-0.4, -0.2) is 49.5 Å². The molecule has 1 amide bonds. The summed E-state index contributed by atoms with van der Waals surface area (Å²) in [5.41, 5.74) is 0.539. The Kier molecular flexibility index (Phi) is 5.11. The van der Waals surface area contributed by atoms with Crippen molar-refractivity contribution in [2.24, 2.45) is 5.92 Å². The Morgan fingerprint density at radius 2 is 2.50 bits per heavy atom. The number of hydrogen-bond donors (Lipinski definition) is 2. The van der Waals surface area contributed by atoms with Gasteiger partial charge in [0.05, 0.1) is 24.4 Å². The van der Waals surface area contributed by atoms with Crippen LogP contribution in [0.1, 0.15) is 12.8 Å². The minimum absolute atomic E-state index is 0.0459. The van der Waals surface area contributed by atoms with Gasteiger partial charge in [0.15, 0.2) is 0 Å². The number of nitrogens with one attached hydrogen (secondary N) is 2. The number of amides is 1. The van der Waals surface area contributed by atoms with E-state index in [1.54, 1.807) is 13.3 Å². The van der Waals surface area contributed by atoms with E-state index in [0.29, 0.717) is 19.7 Å². The normalized spacial score (nSPS) is 18.9. The summed E-state index contributed by atoms with van der Waals surface area (Å²) in [6.45, 7) is 2.50. The Morgan fingerprint density at radius 3 is 3.25 bits per heavy atom. The van der Waals surface area contributed by atoms with Crippen molar-refractivity contribution in [3.63, 3.8) is 0 Å². The zero-order valence-corrected chi connectivity index (χ0v) is 11.6. The molecule has 0 bridgehead atoms. The number of carbonyl (C=O) groups excluding carboxylic acids is 1. The molecule has 1 fully saturated rings.